The fraction of sp³-hybridized carbons (Fsp3) is 0.948. The zero-order chi connectivity index (χ0) is 80.7. The van der Waals surface area contributed by atoms with E-state index in [1.807, 2.05) is 0 Å². The molecule has 0 aliphatic carbocycles. The summed E-state index contributed by atoms with van der Waals surface area (Å²) in [7, 11) is 0. The maximum absolute atomic E-state index is 14.1. The lowest BCUT2D eigenvalue weighted by Crippen LogP contribution is -2.57. The molecule has 2 fully saturated rings. The van der Waals surface area contributed by atoms with E-state index in [1.165, 1.54) is 218 Å². The SMILES string of the molecule is CCCCCCCCCCCOC(=O)CCCCCN(CCCCCCCC(=O)OC(CCCCCCCC)CCCCCCCC)CCN1CCN(C(=O)N2CCN(CCN(CCCCCCCC(=O)OC(CCCCCCCC)CCCCCCCC)CCCCCC(=O)OCCCCCCCCCCC)CC2)CC1. The second-order valence-electron chi connectivity index (χ2n) is 34.8. The summed E-state index contributed by atoms with van der Waals surface area (Å²) in [5.41, 5.74) is 0. The highest BCUT2D eigenvalue weighted by Gasteiger charge is 2.29. The minimum absolute atomic E-state index is 0.00981. The van der Waals surface area contributed by atoms with Crippen LogP contribution in [0.25, 0.3) is 0 Å². The zero-order valence-electron chi connectivity index (χ0n) is 75.4. The van der Waals surface area contributed by atoms with E-state index in [9.17, 15) is 24.0 Å². The van der Waals surface area contributed by atoms with Crippen molar-refractivity contribution in [1.82, 2.24) is 29.4 Å². The zero-order valence-corrected chi connectivity index (χ0v) is 75.4. The first kappa shape index (κ1) is 105. The van der Waals surface area contributed by atoms with Crippen LogP contribution in [0.4, 0.5) is 4.79 Å². The number of unbranched alkanes of at least 4 members (excludes halogenated alkanes) is 48. The molecule has 0 unspecified atom stereocenters. The molecule has 2 amide bonds. The van der Waals surface area contributed by atoms with E-state index in [4.69, 9.17) is 18.9 Å². The summed E-state index contributed by atoms with van der Waals surface area (Å²) >= 11 is 0. The van der Waals surface area contributed by atoms with E-state index >= 15 is 0 Å². The van der Waals surface area contributed by atoms with Crippen LogP contribution in [-0.4, -0.2) is 189 Å². The number of hydrogen-bond donors (Lipinski definition) is 0. The largest absolute Gasteiger partial charge is 0.466 e. The van der Waals surface area contributed by atoms with Crippen molar-refractivity contribution in [2.24, 2.45) is 0 Å². The van der Waals surface area contributed by atoms with Gasteiger partial charge in [-0.2, -0.15) is 0 Å². The molecule has 2 rings (SSSR count). The van der Waals surface area contributed by atoms with E-state index in [2.05, 4.69) is 70.9 Å². The van der Waals surface area contributed by atoms with Gasteiger partial charge in [0, 0.05) is 104 Å². The predicted molar refractivity (Wildman–Crippen MR) is 475 cm³/mol. The van der Waals surface area contributed by atoms with Gasteiger partial charge in [0.15, 0.2) is 0 Å². The molecule has 15 nitrogen and oxygen atoms in total. The van der Waals surface area contributed by atoms with Crippen LogP contribution in [0.5, 0.6) is 0 Å². The first-order valence-corrected chi connectivity index (χ1v) is 49.7. The fourth-order valence-electron chi connectivity index (χ4n) is 16.6. The quantitative estimate of drug-likeness (QED) is 0.0324. The van der Waals surface area contributed by atoms with Crippen LogP contribution in [-0.2, 0) is 38.1 Å². The topological polar surface area (TPSA) is 142 Å². The minimum Gasteiger partial charge on any atom is -0.466 e. The molecule has 660 valence electrons. The summed E-state index contributed by atoms with van der Waals surface area (Å²) in [5.74, 6) is -0.0623. The maximum Gasteiger partial charge on any atom is 0.320 e. The Hall–Kier alpha value is -3.01. The molecule has 2 aliphatic rings. The van der Waals surface area contributed by atoms with Crippen molar-refractivity contribution in [1.29, 1.82) is 0 Å². The highest BCUT2D eigenvalue weighted by Crippen LogP contribution is 2.23. The first-order chi connectivity index (χ1) is 55.0. The molecule has 0 spiro atoms. The molecule has 0 saturated carbocycles. The van der Waals surface area contributed by atoms with Crippen LogP contribution in [0.1, 0.15) is 465 Å². The summed E-state index contributed by atoms with van der Waals surface area (Å²) in [6.45, 7) is 29.6. The molecular weight excluding hydrogens is 1390 g/mol. The Morgan fingerprint density at radius 2 is 0.455 bits per heavy atom. The van der Waals surface area contributed by atoms with Crippen LogP contribution in [0.2, 0.25) is 0 Å². The molecule has 2 saturated heterocycles. The number of amides is 2. The highest BCUT2D eigenvalue weighted by atomic mass is 16.6. The Balaban J connectivity index is 1.90. The predicted octanol–water partition coefficient (Wildman–Crippen LogP) is 25.7. The Morgan fingerprint density at radius 3 is 0.723 bits per heavy atom. The molecular formula is C97H188N6O9. The van der Waals surface area contributed by atoms with Gasteiger partial charge in [0.05, 0.1) is 13.2 Å². The number of urea groups is 1. The van der Waals surface area contributed by atoms with Crippen molar-refractivity contribution < 1.29 is 42.9 Å². The van der Waals surface area contributed by atoms with Gasteiger partial charge in [0.25, 0.3) is 0 Å². The third-order valence-corrected chi connectivity index (χ3v) is 24.3. The molecule has 0 aromatic heterocycles. The molecule has 0 radical (unpaired) electrons. The standard InChI is InChI=1S/C97H188N6O9/c1-7-13-19-25-31-33-35-47-63-89-109-93(104)69-57-49-61-75-98(73-59-45-37-43-55-71-95(106)111-91(65-51-39-27-21-15-9-3)66-52-40-28-22-16-10-4)77-79-100-81-85-102(86-82-100)97(108)103-87-83-101(84-88-103)80-78-99(76-62-50-58-70-94(105)110-90-64-48-36-34-32-26-20-14-8-2)74-60-46-38-44-56-72-96(107)112-92(67-53-41-29-23-17-11-5)68-54-42-30-24-18-12-6/h91-92H,7-90H2,1-6H3. The number of carbonyl (C=O) groups is 5. The summed E-state index contributed by atoms with van der Waals surface area (Å²) in [5, 5.41) is 0. The van der Waals surface area contributed by atoms with Gasteiger partial charge < -0.3 is 38.5 Å². The lowest BCUT2D eigenvalue weighted by atomic mass is 10.0. The average molecular weight is 1580 g/mol. The Morgan fingerprint density at radius 1 is 0.241 bits per heavy atom. The monoisotopic (exact) mass is 1580 g/mol. The lowest BCUT2D eigenvalue weighted by Gasteiger charge is -2.41. The fourth-order valence-corrected chi connectivity index (χ4v) is 16.6. The van der Waals surface area contributed by atoms with E-state index in [-0.39, 0.29) is 42.1 Å². The summed E-state index contributed by atoms with van der Waals surface area (Å²) < 4.78 is 23.7. The molecule has 0 atom stereocenters. The van der Waals surface area contributed by atoms with Gasteiger partial charge in [-0.05, 0) is 142 Å². The van der Waals surface area contributed by atoms with Gasteiger partial charge in [0.1, 0.15) is 12.2 Å². The van der Waals surface area contributed by atoms with E-state index < -0.39 is 0 Å². The van der Waals surface area contributed by atoms with Crippen molar-refractivity contribution in [3.63, 3.8) is 0 Å². The van der Waals surface area contributed by atoms with Crippen molar-refractivity contribution in [3.8, 4) is 0 Å². The number of ether oxygens (including phenoxy) is 4. The maximum atomic E-state index is 14.1. The number of esters is 4. The van der Waals surface area contributed by atoms with Crippen LogP contribution >= 0.6 is 0 Å². The van der Waals surface area contributed by atoms with Gasteiger partial charge in [-0.15, -0.1) is 0 Å². The molecule has 2 aliphatic heterocycles. The van der Waals surface area contributed by atoms with Gasteiger partial charge in [-0.25, -0.2) is 4.79 Å². The third kappa shape index (κ3) is 66.0. The van der Waals surface area contributed by atoms with Crippen molar-refractivity contribution in [2.75, 3.05) is 118 Å². The second kappa shape index (κ2) is 80.4. The third-order valence-electron chi connectivity index (χ3n) is 24.3. The Kier molecular flexibility index (Phi) is 75.4. The lowest BCUT2D eigenvalue weighted by molar-refractivity contribution is -0.151. The minimum atomic E-state index is -0.0410. The average Bonchev–Trinajstić information content (AvgIpc) is 0.845. The molecule has 2 heterocycles. The molecule has 0 bridgehead atoms. The van der Waals surface area contributed by atoms with Gasteiger partial charge in [-0.1, -0.05) is 324 Å². The normalized spacial score (nSPS) is 13.8. The number of piperazine rings is 2. The summed E-state index contributed by atoms with van der Waals surface area (Å²) in [6, 6.07) is 0.198. The van der Waals surface area contributed by atoms with Crippen molar-refractivity contribution in [3.05, 3.63) is 0 Å². The van der Waals surface area contributed by atoms with Gasteiger partial charge in [-0.3, -0.25) is 29.0 Å². The van der Waals surface area contributed by atoms with Crippen molar-refractivity contribution >= 4 is 29.9 Å². The van der Waals surface area contributed by atoms with E-state index in [0.29, 0.717) is 38.9 Å². The molecule has 0 N–H and O–H groups in total. The summed E-state index contributed by atoms with van der Waals surface area (Å²) in [4.78, 5) is 80.5. The Bertz CT molecular complexity index is 1900. The summed E-state index contributed by atoms with van der Waals surface area (Å²) in [6.07, 6.45) is 76.1. The van der Waals surface area contributed by atoms with Crippen LogP contribution in [0.3, 0.4) is 0 Å². The molecule has 0 aromatic rings. The molecule has 15 heteroatoms. The number of nitrogens with zero attached hydrogens (tertiary/aromatic N) is 6. The Labute approximate surface area is 694 Å². The van der Waals surface area contributed by atoms with E-state index in [1.54, 1.807) is 0 Å². The number of hydrogen-bond acceptors (Lipinski definition) is 13. The van der Waals surface area contributed by atoms with E-state index in [0.717, 1.165) is 284 Å². The molecule has 112 heavy (non-hydrogen) atoms. The number of rotatable bonds is 84. The second-order valence-corrected chi connectivity index (χ2v) is 34.8. The first-order valence-electron chi connectivity index (χ1n) is 49.7. The number of carbonyl (C=O) groups excluding carboxylic acids is 5. The highest BCUT2D eigenvalue weighted by molar-refractivity contribution is 5.75. The van der Waals surface area contributed by atoms with Crippen molar-refractivity contribution in [2.45, 2.75) is 478 Å². The van der Waals surface area contributed by atoms with Crippen LogP contribution < -0.4 is 0 Å². The molecule has 0 aromatic carbocycles. The van der Waals surface area contributed by atoms with Gasteiger partial charge >= 0.3 is 29.9 Å². The van der Waals surface area contributed by atoms with Crippen LogP contribution in [0, 0.1) is 0 Å². The van der Waals surface area contributed by atoms with Gasteiger partial charge in [0.2, 0.25) is 0 Å². The smallest absolute Gasteiger partial charge is 0.320 e. The van der Waals surface area contributed by atoms with Crippen LogP contribution in [0.15, 0.2) is 0 Å².